The van der Waals surface area contributed by atoms with Crippen LogP contribution < -0.4 is 0 Å². The fourth-order valence-electron chi connectivity index (χ4n) is 2.31. The Morgan fingerprint density at radius 3 is 2.29 bits per heavy atom. The molecule has 0 aromatic carbocycles. The van der Waals surface area contributed by atoms with Crippen LogP contribution in [0, 0.1) is 6.92 Å². The Morgan fingerprint density at radius 1 is 1.29 bits per heavy atom. The van der Waals surface area contributed by atoms with E-state index in [9.17, 15) is 4.79 Å². The maximum absolute atomic E-state index is 11.9. The number of likely N-dealkylation sites (tertiary alicyclic amines) is 1. The van der Waals surface area contributed by atoms with Gasteiger partial charge in [-0.15, -0.1) is 0 Å². The molecule has 0 radical (unpaired) electrons. The lowest BCUT2D eigenvalue weighted by Gasteiger charge is -2.33. The number of aryl methyl sites for hydroxylation is 1. The fourth-order valence-corrected chi connectivity index (χ4v) is 2.31. The quantitative estimate of drug-likeness (QED) is 0.792. The SMILES string of the molecule is CC.Cc1cn(C2CCN(C(=O)OC(C)(C)C)CC2)cn1. The second-order valence-electron chi connectivity index (χ2n) is 6.16. The van der Waals surface area contributed by atoms with Crippen molar-refractivity contribution in [2.24, 2.45) is 0 Å². The van der Waals surface area contributed by atoms with Crippen LogP contribution in [0.25, 0.3) is 0 Å². The molecule has 21 heavy (non-hydrogen) atoms. The van der Waals surface area contributed by atoms with Gasteiger partial charge in [0.15, 0.2) is 0 Å². The second-order valence-corrected chi connectivity index (χ2v) is 6.16. The summed E-state index contributed by atoms with van der Waals surface area (Å²) < 4.78 is 7.54. The van der Waals surface area contributed by atoms with Crippen LogP contribution >= 0.6 is 0 Å². The van der Waals surface area contributed by atoms with Gasteiger partial charge < -0.3 is 14.2 Å². The smallest absolute Gasteiger partial charge is 0.410 e. The highest BCUT2D eigenvalue weighted by Crippen LogP contribution is 2.23. The summed E-state index contributed by atoms with van der Waals surface area (Å²) in [4.78, 5) is 18.0. The number of aromatic nitrogens is 2. The van der Waals surface area contributed by atoms with Crippen LogP contribution in [0.5, 0.6) is 0 Å². The van der Waals surface area contributed by atoms with Crippen LogP contribution in [0.15, 0.2) is 12.5 Å². The van der Waals surface area contributed by atoms with Crippen LogP contribution in [-0.4, -0.2) is 39.2 Å². The van der Waals surface area contributed by atoms with Gasteiger partial charge in [0.25, 0.3) is 0 Å². The van der Waals surface area contributed by atoms with Gasteiger partial charge in [0.05, 0.1) is 12.0 Å². The third kappa shape index (κ3) is 5.40. The third-order valence-corrected chi connectivity index (χ3v) is 3.27. The van der Waals surface area contributed by atoms with Gasteiger partial charge in [0, 0.05) is 25.3 Å². The first-order valence-corrected chi connectivity index (χ1v) is 7.83. The van der Waals surface area contributed by atoms with Gasteiger partial charge in [-0.1, -0.05) is 13.8 Å². The van der Waals surface area contributed by atoms with Crippen molar-refractivity contribution in [2.75, 3.05) is 13.1 Å². The Hall–Kier alpha value is -1.52. The Kier molecular flexibility index (Phi) is 6.24. The zero-order valence-electron chi connectivity index (χ0n) is 14.2. The molecule has 5 heteroatoms. The number of carbonyl (C=O) groups excluding carboxylic acids is 1. The van der Waals surface area contributed by atoms with E-state index in [1.807, 2.05) is 47.9 Å². The summed E-state index contributed by atoms with van der Waals surface area (Å²) in [5.41, 5.74) is 0.615. The molecule has 2 rings (SSSR count). The molecule has 0 unspecified atom stereocenters. The number of carbonyl (C=O) groups is 1. The molecule has 0 bridgehead atoms. The first-order chi connectivity index (χ1) is 9.85. The molecule has 0 aliphatic carbocycles. The molecular formula is C16H29N3O2. The number of ether oxygens (including phenoxy) is 1. The van der Waals surface area contributed by atoms with E-state index in [-0.39, 0.29) is 6.09 Å². The summed E-state index contributed by atoms with van der Waals surface area (Å²) in [6.07, 6.45) is 5.65. The summed E-state index contributed by atoms with van der Waals surface area (Å²) in [6, 6.07) is 0.444. The molecule has 1 saturated heterocycles. The van der Waals surface area contributed by atoms with Crippen molar-refractivity contribution in [1.29, 1.82) is 0 Å². The number of hydrogen-bond donors (Lipinski definition) is 0. The summed E-state index contributed by atoms with van der Waals surface area (Å²) >= 11 is 0. The lowest BCUT2D eigenvalue weighted by molar-refractivity contribution is 0.0188. The minimum absolute atomic E-state index is 0.201. The van der Waals surface area contributed by atoms with Crippen molar-refractivity contribution in [1.82, 2.24) is 14.5 Å². The van der Waals surface area contributed by atoms with E-state index in [4.69, 9.17) is 4.74 Å². The molecule has 120 valence electrons. The van der Waals surface area contributed by atoms with E-state index in [1.165, 1.54) is 0 Å². The highest BCUT2D eigenvalue weighted by molar-refractivity contribution is 5.68. The Labute approximate surface area is 128 Å². The molecule has 1 aromatic rings. The standard InChI is InChI=1S/C14H23N3O2.C2H6/c1-11-9-17(10-15-11)12-5-7-16(8-6-12)13(18)19-14(2,3)4;1-2/h9-10,12H,5-8H2,1-4H3;1-2H3. The summed E-state index contributed by atoms with van der Waals surface area (Å²) in [7, 11) is 0. The van der Waals surface area contributed by atoms with Crippen molar-refractivity contribution in [3.8, 4) is 0 Å². The highest BCUT2D eigenvalue weighted by atomic mass is 16.6. The summed E-state index contributed by atoms with van der Waals surface area (Å²) in [6.45, 7) is 13.2. The molecule has 1 aromatic heterocycles. The molecule has 1 fully saturated rings. The number of hydrogen-bond acceptors (Lipinski definition) is 3. The Bertz CT molecular complexity index is 441. The molecular weight excluding hydrogens is 266 g/mol. The zero-order valence-corrected chi connectivity index (χ0v) is 14.2. The van der Waals surface area contributed by atoms with Crippen molar-refractivity contribution in [3.63, 3.8) is 0 Å². The summed E-state index contributed by atoms with van der Waals surface area (Å²) in [5, 5.41) is 0. The van der Waals surface area contributed by atoms with Gasteiger partial charge >= 0.3 is 6.09 Å². The van der Waals surface area contributed by atoms with Gasteiger partial charge in [-0.3, -0.25) is 0 Å². The maximum Gasteiger partial charge on any atom is 0.410 e. The van der Waals surface area contributed by atoms with Crippen LogP contribution in [0.3, 0.4) is 0 Å². The van der Waals surface area contributed by atoms with Gasteiger partial charge in [-0.25, -0.2) is 9.78 Å². The average Bonchev–Trinajstić information content (AvgIpc) is 2.86. The number of imidazole rings is 1. The van der Waals surface area contributed by atoms with E-state index >= 15 is 0 Å². The molecule has 1 aliphatic heterocycles. The van der Waals surface area contributed by atoms with E-state index < -0.39 is 5.60 Å². The highest BCUT2D eigenvalue weighted by Gasteiger charge is 2.27. The first-order valence-electron chi connectivity index (χ1n) is 7.83. The number of nitrogens with zero attached hydrogens (tertiary/aromatic N) is 3. The fraction of sp³-hybridized carbons (Fsp3) is 0.750. The average molecular weight is 295 g/mol. The van der Waals surface area contributed by atoms with Crippen LogP contribution in [0.4, 0.5) is 4.79 Å². The predicted molar refractivity (Wildman–Crippen MR) is 84.4 cm³/mol. The minimum Gasteiger partial charge on any atom is -0.444 e. The molecule has 2 heterocycles. The first kappa shape index (κ1) is 17.5. The van der Waals surface area contributed by atoms with Crippen LogP contribution in [0.1, 0.15) is 59.2 Å². The van der Waals surface area contributed by atoms with E-state index in [0.717, 1.165) is 31.6 Å². The van der Waals surface area contributed by atoms with Gasteiger partial charge in [0.1, 0.15) is 5.60 Å². The van der Waals surface area contributed by atoms with Gasteiger partial charge in [0.2, 0.25) is 0 Å². The van der Waals surface area contributed by atoms with Crippen LogP contribution in [0.2, 0.25) is 0 Å². The van der Waals surface area contributed by atoms with Gasteiger partial charge in [-0.05, 0) is 40.5 Å². The molecule has 0 atom stereocenters. The zero-order chi connectivity index (χ0) is 16.0. The molecule has 0 saturated carbocycles. The van der Waals surface area contributed by atoms with Gasteiger partial charge in [-0.2, -0.15) is 0 Å². The number of amides is 1. The van der Waals surface area contributed by atoms with E-state index in [2.05, 4.69) is 15.7 Å². The topological polar surface area (TPSA) is 47.4 Å². The number of rotatable bonds is 1. The van der Waals surface area contributed by atoms with Crippen molar-refractivity contribution in [3.05, 3.63) is 18.2 Å². The third-order valence-electron chi connectivity index (χ3n) is 3.27. The lowest BCUT2D eigenvalue weighted by Crippen LogP contribution is -2.42. The Balaban J connectivity index is 0.00000106. The number of piperidine rings is 1. The largest absolute Gasteiger partial charge is 0.444 e. The summed E-state index contributed by atoms with van der Waals surface area (Å²) in [5.74, 6) is 0. The normalized spacial score (nSPS) is 16.2. The lowest BCUT2D eigenvalue weighted by atomic mass is 10.1. The molecule has 1 amide bonds. The minimum atomic E-state index is -0.421. The van der Waals surface area contributed by atoms with Crippen molar-refractivity contribution < 1.29 is 9.53 Å². The Morgan fingerprint density at radius 2 is 1.86 bits per heavy atom. The van der Waals surface area contributed by atoms with E-state index in [0.29, 0.717) is 6.04 Å². The van der Waals surface area contributed by atoms with Crippen LogP contribution in [-0.2, 0) is 4.74 Å². The van der Waals surface area contributed by atoms with Crippen molar-refractivity contribution >= 4 is 6.09 Å². The molecule has 0 N–H and O–H groups in total. The maximum atomic E-state index is 11.9. The monoisotopic (exact) mass is 295 g/mol. The molecule has 5 nitrogen and oxygen atoms in total. The molecule has 1 aliphatic rings. The predicted octanol–water partition coefficient (Wildman–Crippen LogP) is 3.79. The van der Waals surface area contributed by atoms with Crippen molar-refractivity contribution in [2.45, 2.75) is 66.0 Å². The molecule has 0 spiro atoms. The van der Waals surface area contributed by atoms with E-state index in [1.54, 1.807) is 4.90 Å². The second kappa shape index (κ2) is 7.48.